The molecule has 3 fully saturated rings. The Morgan fingerprint density at radius 1 is 1.31 bits per heavy atom. The summed E-state index contributed by atoms with van der Waals surface area (Å²) in [6.45, 7) is 1.58. The monoisotopic (exact) mass is 185 g/mol. The van der Waals surface area contributed by atoms with Crippen molar-refractivity contribution in [2.24, 2.45) is 5.41 Å². The van der Waals surface area contributed by atoms with Crippen LogP contribution in [0.3, 0.4) is 0 Å². The zero-order valence-electron chi connectivity index (χ0n) is 8.05. The average molecular weight is 185 g/mol. The molecule has 1 N–H and O–H groups in total. The molecule has 74 valence electrons. The van der Waals surface area contributed by atoms with Gasteiger partial charge in [0.15, 0.2) is 0 Å². The van der Waals surface area contributed by atoms with Crippen LogP contribution >= 0.6 is 0 Å². The Morgan fingerprint density at radius 2 is 2.00 bits per heavy atom. The maximum absolute atomic E-state index is 11.5. The van der Waals surface area contributed by atoms with E-state index in [1.54, 1.807) is 7.11 Å². The Hall–Kier alpha value is -0.610. The maximum atomic E-state index is 11.5. The van der Waals surface area contributed by atoms with Gasteiger partial charge in [-0.1, -0.05) is 0 Å². The number of methoxy groups -OCH3 is 2. The van der Waals surface area contributed by atoms with Gasteiger partial charge >= 0.3 is 5.97 Å². The maximum Gasteiger partial charge on any atom is 0.313 e. The quantitative estimate of drug-likeness (QED) is 0.612. The molecule has 4 heteroatoms. The van der Waals surface area contributed by atoms with Crippen LogP contribution < -0.4 is 5.32 Å². The topological polar surface area (TPSA) is 47.6 Å². The summed E-state index contributed by atoms with van der Waals surface area (Å²) < 4.78 is 10.2. The number of nitrogens with one attached hydrogen (secondary N) is 1. The molecule has 0 spiro atoms. The smallest absolute Gasteiger partial charge is 0.313 e. The molecule has 0 atom stereocenters. The number of carbonyl (C=O) groups is 1. The molecule has 2 saturated heterocycles. The lowest BCUT2D eigenvalue weighted by Gasteiger charge is -2.57. The number of ether oxygens (including phenoxy) is 2. The van der Waals surface area contributed by atoms with Gasteiger partial charge in [0.05, 0.1) is 18.1 Å². The van der Waals surface area contributed by atoms with Gasteiger partial charge in [-0.15, -0.1) is 0 Å². The third-order valence-electron chi connectivity index (χ3n) is 3.28. The van der Waals surface area contributed by atoms with Gasteiger partial charge in [0.1, 0.15) is 0 Å². The first-order valence-corrected chi connectivity index (χ1v) is 4.51. The lowest BCUT2D eigenvalue weighted by Crippen LogP contribution is -2.69. The van der Waals surface area contributed by atoms with E-state index in [1.807, 2.05) is 0 Å². The molecule has 0 unspecified atom stereocenters. The van der Waals surface area contributed by atoms with E-state index >= 15 is 0 Å². The van der Waals surface area contributed by atoms with Gasteiger partial charge in [-0.3, -0.25) is 4.79 Å². The highest BCUT2D eigenvalue weighted by atomic mass is 16.5. The molecule has 0 radical (unpaired) electrons. The third kappa shape index (κ3) is 1.09. The molecular weight excluding hydrogens is 170 g/mol. The van der Waals surface area contributed by atoms with Crippen molar-refractivity contribution >= 4 is 5.97 Å². The van der Waals surface area contributed by atoms with E-state index in [0.717, 1.165) is 25.9 Å². The first-order chi connectivity index (χ1) is 6.16. The molecule has 3 aliphatic rings. The lowest BCUT2D eigenvalue weighted by molar-refractivity contribution is -0.201. The summed E-state index contributed by atoms with van der Waals surface area (Å²) in [6.07, 6.45) is 1.60. The standard InChI is InChI=1S/C9H15NO3/c1-12-7(11)8-3-9(4-8,13-2)6-10-5-8/h10H,3-6H2,1-2H3. The molecule has 2 aliphatic heterocycles. The Balaban J connectivity index is 2.10. The molecule has 0 aromatic heterocycles. The van der Waals surface area contributed by atoms with Crippen LogP contribution in [0.5, 0.6) is 0 Å². The van der Waals surface area contributed by atoms with Crippen LogP contribution in [0.2, 0.25) is 0 Å². The molecule has 1 saturated carbocycles. The van der Waals surface area contributed by atoms with Crippen molar-refractivity contribution in [3.63, 3.8) is 0 Å². The van der Waals surface area contributed by atoms with Crippen molar-refractivity contribution in [2.45, 2.75) is 18.4 Å². The zero-order valence-corrected chi connectivity index (χ0v) is 8.05. The molecule has 3 rings (SSSR count). The van der Waals surface area contributed by atoms with E-state index in [2.05, 4.69) is 5.32 Å². The third-order valence-corrected chi connectivity index (χ3v) is 3.28. The van der Waals surface area contributed by atoms with E-state index in [1.165, 1.54) is 7.11 Å². The van der Waals surface area contributed by atoms with Crippen LogP contribution in [0, 0.1) is 5.41 Å². The van der Waals surface area contributed by atoms with E-state index in [9.17, 15) is 4.79 Å². The summed E-state index contributed by atoms with van der Waals surface area (Å²) in [6, 6.07) is 0. The van der Waals surface area contributed by atoms with Gasteiger partial charge in [0.25, 0.3) is 0 Å². The number of piperidine rings is 2. The minimum Gasteiger partial charge on any atom is -0.469 e. The fraction of sp³-hybridized carbons (Fsp3) is 0.889. The second-order valence-corrected chi connectivity index (χ2v) is 4.12. The molecule has 0 amide bonds. The second kappa shape index (κ2) is 2.69. The second-order valence-electron chi connectivity index (χ2n) is 4.12. The van der Waals surface area contributed by atoms with E-state index in [-0.39, 0.29) is 17.0 Å². The summed E-state index contributed by atoms with van der Waals surface area (Å²) in [5.74, 6) is -0.104. The van der Waals surface area contributed by atoms with E-state index in [4.69, 9.17) is 9.47 Å². The van der Waals surface area contributed by atoms with Gasteiger partial charge in [0.2, 0.25) is 0 Å². The Labute approximate surface area is 77.6 Å². The van der Waals surface area contributed by atoms with E-state index < -0.39 is 0 Å². The van der Waals surface area contributed by atoms with Crippen molar-refractivity contribution < 1.29 is 14.3 Å². The number of carbonyl (C=O) groups excluding carboxylic acids is 1. The number of hydrogen-bond donors (Lipinski definition) is 1. The van der Waals surface area contributed by atoms with Crippen LogP contribution in [-0.2, 0) is 14.3 Å². The molecule has 4 nitrogen and oxygen atoms in total. The Kier molecular flexibility index (Phi) is 1.85. The lowest BCUT2D eigenvalue weighted by atomic mass is 9.56. The SMILES string of the molecule is COC(=O)C12CNCC(OC)(C1)C2. The Bertz CT molecular complexity index is 233. The largest absolute Gasteiger partial charge is 0.469 e. The van der Waals surface area contributed by atoms with Crippen molar-refractivity contribution in [3.05, 3.63) is 0 Å². The summed E-state index contributed by atoms with van der Waals surface area (Å²) in [5, 5.41) is 3.21. The van der Waals surface area contributed by atoms with Gasteiger partial charge in [-0.25, -0.2) is 0 Å². The van der Waals surface area contributed by atoms with Crippen LogP contribution in [0.25, 0.3) is 0 Å². The number of hydrogen-bond acceptors (Lipinski definition) is 4. The molecule has 0 aromatic carbocycles. The predicted octanol–water partition coefficient (Wildman–Crippen LogP) is -0.0720. The van der Waals surface area contributed by atoms with Crippen LogP contribution in [0.15, 0.2) is 0 Å². The molecule has 2 heterocycles. The van der Waals surface area contributed by atoms with E-state index in [0.29, 0.717) is 0 Å². The van der Waals surface area contributed by atoms with Crippen molar-refractivity contribution in [1.29, 1.82) is 0 Å². The Morgan fingerprint density at radius 3 is 2.54 bits per heavy atom. The molecule has 1 aliphatic carbocycles. The number of esters is 1. The molecule has 0 aromatic rings. The van der Waals surface area contributed by atoms with Crippen molar-refractivity contribution in [2.75, 3.05) is 27.3 Å². The van der Waals surface area contributed by atoms with Crippen LogP contribution in [0.4, 0.5) is 0 Å². The highest BCUT2D eigenvalue weighted by molar-refractivity contribution is 5.79. The molecule has 2 bridgehead atoms. The van der Waals surface area contributed by atoms with Gasteiger partial charge in [-0.2, -0.15) is 0 Å². The first kappa shape index (κ1) is 8.97. The minimum atomic E-state index is -0.303. The fourth-order valence-electron chi connectivity index (χ4n) is 2.61. The van der Waals surface area contributed by atoms with Gasteiger partial charge in [0, 0.05) is 20.2 Å². The summed E-state index contributed by atoms with van der Waals surface area (Å²) >= 11 is 0. The van der Waals surface area contributed by atoms with Crippen LogP contribution in [0.1, 0.15) is 12.8 Å². The van der Waals surface area contributed by atoms with Gasteiger partial charge < -0.3 is 14.8 Å². The predicted molar refractivity (Wildman–Crippen MR) is 46.3 cm³/mol. The summed E-state index contributed by atoms with van der Waals surface area (Å²) in [4.78, 5) is 11.5. The summed E-state index contributed by atoms with van der Waals surface area (Å²) in [5.41, 5.74) is -0.407. The summed E-state index contributed by atoms with van der Waals surface area (Å²) in [7, 11) is 3.15. The normalized spacial score (nSPS) is 42.3. The van der Waals surface area contributed by atoms with Crippen LogP contribution in [-0.4, -0.2) is 38.9 Å². The van der Waals surface area contributed by atoms with Gasteiger partial charge in [-0.05, 0) is 12.8 Å². The zero-order chi connectivity index (χ0) is 9.53. The molecular formula is C9H15NO3. The molecule has 13 heavy (non-hydrogen) atoms. The highest BCUT2D eigenvalue weighted by Crippen LogP contribution is 2.53. The minimum absolute atomic E-state index is 0.104. The fourth-order valence-corrected chi connectivity index (χ4v) is 2.61. The average Bonchev–Trinajstić information content (AvgIpc) is 2.15. The van der Waals surface area contributed by atoms with Crippen molar-refractivity contribution in [1.82, 2.24) is 5.32 Å². The first-order valence-electron chi connectivity index (χ1n) is 4.51. The van der Waals surface area contributed by atoms with Crippen molar-refractivity contribution in [3.8, 4) is 0 Å². The highest BCUT2D eigenvalue weighted by Gasteiger charge is 2.62. The number of fused-ring (bicyclic) bond motifs is 2. The number of rotatable bonds is 2.